The summed E-state index contributed by atoms with van der Waals surface area (Å²) in [5.41, 5.74) is 1.94. The molecule has 4 rings (SSSR count). The number of rotatable bonds is 4. The van der Waals surface area contributed by atoms with Gasteiger partial charge in [-0.2, -0.15) is 0 Å². The fourth-order valence-electron chi connectivity index (χ4n) is 3.56. The molecule has 1 N–H and O–H groups in total. The van der Waals surface area contributed by atoms with E-state index in [-0.39, 0.29) is 24.1 Å². The van der Waals surface area contributed by atoms with Crippen LogP contribution in [0.5, 0.6) is 11.5 Å². The van der Waals surface area contributed by atoms with Crippen molar-refractivity contribution in [1.29, 1.82) is 0 Å². The molecule has 148 valence electrons. The maximum atomic E-state index is 12.8. The number of carbonyl (C=O) groups is 1. The number of amides is 1. The van der Waals surface area contributed by atoms with Gasteiger partial charge in [-0.1, -0.05) is 19.9 Å². The van der Waals surface area contributed by atoms with Gasteiger partial charge in [0.15, 0.2) is 11.5 Å². The van der Waals surface area contributed by atoms with Gasteiger partial charge in [-0.25, -0.2) is 13.1 Å². The number of ether oxygens (including phenoxy) is 2. The summed E-state index contributed by atoms with van der Waals surface area (Å²) in [6, 6.07) is 10.2. The third-order valence-corrected chi connectivity index (χ3v) is 6.64. The van der Waals surface area contributed by atoms with Gasteiger partial charge in [-0.3, -0.25) is 4.79 Å². The third kappa shape index (κ3) is 3.22. The van der Waals surface area contributed by atoms with E-state index in [1.165, 1.54) is 6.07 Å². The molecule has 2 aromatic carbocycles. The van der Waals surface area contributed by atoms with E-state index < -0.39 is 15.4 Å². The predicted octanol–water partition coefficient (Wildman–Crippen LogP) is 2.54. The van der Waals surface area contributed by atoms with Crippen molar-refractivity contribution in [1.82, 2.24) is 4.72 Å². The second kappa shape index (κ2) is 6.49. The van der Waals surface area contributed by atoms with E-state index in [4.69, 9.17) is 9.47 Å². The maximum Gasteiger partial charge on any atom is 0.240 e. The van der Waals surface area contributed by atoms with Crippen LogP contribution in [0.15, 0.2) is 41.3 Å². The smallest absolute Gasteiger partial charge is 0.240 e. The van der Waals surface area contributed by atoms with E-state index in [0.717, 1.165) is 16.8 Å². The molecule has 0 aromatic heterocycles. The zero-order chi connectivity index (χ0) is 20.1. The van der Waals surface area contributed by atoms with Gasteiger partial charge in [-0.05, 0) is 41.5 Å². The van der Waals surface area contributed by atoms with Gasteiger partial charge in [-0.15, -0.1) is 0 Å². The summed E-state index contributed by atoms with van der Waals surface area (Å²) < 4.78 is 38.9. The summed E-state index contributed by atoms with van der Waals surface area (Å²) in [6.07, 6.45) is 0.338. The number of carbonyl (C=O) groups excluding carboxylic acids is 1. The molecule has 0 radical (unpaired) electrons. The molecule has 0 atom stereocenters. The molecule has 28 heavy (non-hydrogen) atoms. The van der Waals surface area contributed by atoms with Gasteiger partial charge < -0.3 is 14.4 Å². The summed E-state index contributed by atoms with van der Waals surface area (Å²) in [4.78, 5) is 13.9. The number of nitrogens with one attached hydrogen (secondary N) is 1. The molecular weight excluding hydrogens is 380 g/mol. The Morgan fingerprint density at radius 1 is 1.11 bits per heavy atom. The molecule has 2 aliphatic heterocycles. The first-order valence-corrected chi connectivity index (χ1v) is 10.4. The van der Waals surface area contributed by atoms with Crippen molar-refractivity contribution in [2.45, 2.75) is 37.1 Å². The minimum absolute atomic E-state index is 0.0223. The Balaban J connectivity index is 1.59. The summed E-state index contributed by atoms with van der Waals surface area (Å²) in [5.74, 6) is 1.29. The Morgan fingerprint density at radius 2 is 1.86 bits per heavy atom. The molecule has 0 unspecified atom stereocenters. The molecule has 0 spiro atoms. The van der Waals surface area contributed by atoms with Crippen molar-refractivity contribution >= 4 is 21.6 Å². The Morgan fingerprint density at radius 3 is 2.64 bits per heavy atom. The number of sulfonamides is 1. The van der Waals surface area contributed by atoms with Crippen molar-refractivity contribution in [2.24, 2.45) is 0 Å². The van der Waals surface area contributed by atoms with Gasteiger partial charge in [0.05, 0.1) is 4.90 Å². The fourth-order valence-corrected chi connectivity index (χ4v) is 4.60. The lowest BCUT2D eigenvalue weighted by molar-refractivity contribution is -0.119. The van der Waals surface area contributed by atoms with Crippen LogP contribution in [0.4, 0.5) is 5.69 Å². The molecule has 0 bridgehead atoms. The Bertz CT molecular complexity index is 1060. The number of hydrogen-bond acceptors (Lipinski definition) is 5. The van der Waals surface area contributed by atoms with Crippen molar-refractivity contribution < 1.29 is 22.7 Å². The molecule has 1 amide bonds. The standard InChI is InChI=1S/C20H22N2O5S/c1-20(2)10-19(23)22(3)16-6-5-14(9-15(16)20)28(24,25)21-11-13-4-7-17-18(8-13)27-12-26-17/h4-9,21H,10-12H2,1-3H3. The van der Waals surface area contributed by atoms with Crippen LogP contribution in [-0.2, 0) is 26.8 Å². The highest BCUT2D eigenvalue weighted by molar-refractivity contribution is 7.89. The number of fused-ring (bicyclic) bond motifs is 2. The molecule has 0 saturated carbocycles. The van der Waals surface area contributed by atoms with Crippen LogP contribution in [0.3, 0.4) is 0 Å². The topological polar surface area (TPSA) is 84.9 Å². The first-order valence-electron chi connectivity index (χ1n) is 8.97. The molecule has 0 fully saturated rings. The number of benzene rings is 2. The van der Waals surface area contributed by atoms with Crippen LogP contribution in [0.1, 0.15) is 31.4 Å². The largest absolute Gasteiger partial charge is 0.454 e. The second-order valence-corrected chi connectivity index (χ2v) is 9.47. The quantitative estimate of drug-likeness (QED) is 0.850. The summed E-state index contributed by atoms with van der Waals surface area (Å²) in [6.45, 7) is 4.21. The molecule has 0 saturated heterocycles. The van der Waals surface area contributed by atoms with Gasteiger partial charge in [0.1, 0.15) is 0 Å². The van der Waals surface area contributed by atoms with Crippen molar-refractivity contribution in [3.05, 3.63) is 47.5 Å². The molecule has 0 aliphatic carbocycles. The normalized spacial score (nSPS) is 17.5. The van der Waals surface area contributed by atoms with Gasteiger partial charge >= 0.3 is 0 Å². The molecule has 8 heteroatoms. The first-order chi connectivity index (χ1) is 13.2. The first kappa shape index (κ1) is 18.8. The molecule has 7 nitrogen and oxygen atoms in total. The summed E-state index contributed by atoms with van der Waals surface area (Å²) >= 11 is 0. The Labute approximate surface area is 164 Å². The summed E-state index contributed by atoms with van der Waals surface area (Å²) in [7, 11) is -2.00. The van der Waals surface area contributed by atoms with Crippen LogP contribution < -0.4 is 19.1 Å². The van der Waals surface area contributed by atoms with E-state index in [1.54, 1.807) is 42.3 Å². The van der Waals surface area contributed by atoms with Gasteiger partial charge in [0, 0.05) is 31.1 Å². The van der Waals surface area contributed by atoms with Crippen LogP contribution in [0.2, 0.25) is 0 Å². The molecule has 2 heterocycles. The molecule has 2 aromatic rings. The number of anilines is 1. The zero-order valence-electron chi connectivity index (χ0n) is 16.0. The van der Waals surface area contributed by atoms with Crippen molar-refractivity contribution in [3.8, 4) is 11.5 Å². The minimum atomic E-state index is -3.71. The lowest BCUT2D eigenvalue weighted by atomic mass is 9.77. The maximum absolute atomic E-state index is 12.8. The van der Waals surface area contributed by atoms with Crippen molar-refractivity contribution in [2.75, 3.05) is 18.7 Å². The average Bonchev–Trinajstić information content (AvgIpc) is 3.12. The van der Waals surface area contributed by atoms with Crippen LogP contribution >= 0.6 is 0 Å². The van der Waals surface area contributed by atoms with Crippen LogP contribution in [0.25, 0.3) is 0 Å². The molecule has 2 aliphatic rings. The number of hydrogen-bond donors (Lipinski definition) is 1. The minimum Gasteiger partial charge on any atom is -0.454 e. The highest BCUT2D eigenvalue weighted by atomic mass is 32.2. The lowest BCUT2D eigenvalue weighted by Gasteiger charge is -2.37. The van der Waals surface area contributed by atoms with Gasteiger partial charge in [0.25, 0.3) is 0 Å². The monoisotopic (exact) mass is 402 g/mol. The van der Waals surface area contributed by atoms with E-state index in [9.17, 15) is 13.2 Å². The third-order valence-electron chi connectivity index (χ3n) is 5.24. The van der Waals surface area contributed by atoms with E-state index in [2.05, 4.69) is 4.72 Å². The summed E-state index contributed by atoms with van der Waals surface area (Å²) in [5, 5.41) is 0. The van der Waals surface area contributed by atoms with E-state index in [1.807, 2.05) is 13.8 Å². The van der Waals surface area contributed by atoms with Crippen LogP contribution in [-0.4, -0.2) is 28.2 Å². The van der Waals surface area contributed by atoms with E-state index in [0.29, 0.717) is 17.9 Å². The lowest BCUT2D eigenvalue weighted by Crippen LogP contribution is -2.39. The molecular formula is C20H22N2O5S. The average molecular weight is 402 g/mol. The highest BCUT2D eigenvalue weighted by Gasteiger charge is 2.36. The zero-order valence-corrected chi connectivity index (χ0v) is 16.8. The SMILES string of the molecule is CN1C(=O)CC(C)(C)c2cc(S(=O)(=O)NCc3ccc4c(c3)OCO4)ccc21. The number of nitrogens with zero attached hydrogens (tertiary/aromatic N) is 1. The van der Waals surface area contributed by atoms with Crippen molar-refractivity contribution in [3.63, 3.8) is 0 Å². The Kier molecular flexibility index (Phi) is 4.35. The van der Waals surface area contributed by atoms with E-state index >= 15 is 0 Å². The fraction of sp³-hybridized carbons (Fsp3) is 0.350. The Hall–Kier alpha value is -2.58. The highest BCUT2D eigenvalue weighted by Crippen LogP contribution is 2.40. The predicted molar refractivity (Wildman–Crippen MR) is 104 cm³/mol. The second-order valence-electron chi connectivity index (χ2n) is 7.70. The van der Waals surface area contributed by atoms with Crippen LogP contribution in [0, 0.1) is 0 Å². The van der Waals surface area contributed by atoms with Gasteiger partial charge in [0.2, 0.25) is 22.7 Å².